The number of carbonyl (C=O) groups excluding carboxylic acids is 1. The van der Waals surface area contributed by atoms with Crippen molar-refractivity contribution in [1.29, 1.82) is 0 Å². The number of aromatic amines is 1. The van der Waals surface area contributed by atoms with Gasteiger partial charge in [-0.05, 0) is 49.3 Å². The van der Waals surface area contributed by atoms with Gasteiger partial charge < -0.3 is 10.3 Å². The summed E-state index contributed by atoms with van der Waals surface area (Å²) in [6.45, 7) is 5.07. The fourth-order valence-corrected chi connectivity index (χ4v) is 6.69. The molecule has 0 bridgehead atoms. The number of nitrogens with zero attached hydrogens (tertiary/aromatic N) is 1. The molecule has 1 aliphatic heterocycles. The Kier molecular flexibility index (Phi) is 6.21. The van der Waals surface area contributed by atoms with E-state index in [2.05, 4.69) is 24.1 Å². The van der Waals surface area contributed by atoms with Crippen LogP contribution in [0.2, 0.25) is 0 Å². The lowest BCUT2D eigenvalue weighted by Gasteiger charge is -2.34. The number of aromatic nitrogens is 1. The van der Waals surface area contributed by atoms with Gasteiger partial charge in [0.15, 0.2) is 0 Å². The molecule has 2 aliphatic rings. The second kappa shape index (κ2) is 8.74. The predicted molar refractivity (Wildman–Crippen MR) is 121 cm³/mol. The van der Waals surface area contributed by atoms with E-state index in [1.54, 1.807) is 6.07 Å². The van der Waals surface area contributed by atoms with Gasteiger partial charge >= 0.3 is 0 Å². The van der Waals surface area contributed by atoms with Gasteiger partial charge in [-0.3, -0.25) is 9.59 Å². The fraction of sp³-hybridized carbons (Fsp3) is 0.565. The van der Waals surface area contributed by atoms with Crippen LogP contribution in [-0.4, -0.2) is 42.7 Å². The molecule has 1 saturated heterocycles. The maximum absolute atomic E-state index is 13.2. The molecule has 1 amide bonds. The number of benzene rings is 1. The van der Waals surface area contributed by atoms with Crippen LogP contribution in [0.1, 0.15) is 62.7 Å². The van der Waals surface area contributed by atoms with Crippen LogP contribution >= 0.6 is 0 Å². The molecule has 2 N–H and O–H groups in total. The number of fused-ring (bicyclic) bond motifs is 1. The summed E-state index contributed by atoms with van der Waals surface area (Å²) in [5.74, 6) is 0.178. The summed E-state index contributed by atoms with van der Waals surface area (Å²) in [5.41, 5.74) is 0.0888. The highest BCUT2D eigenvalue weighted by molar-refractivity contribution is 7.89. The van der Waals surface area contributed by atoms with E-state index in [1.165, 1.54) is 29.1 Å². The molecule has 0 radical (unpaired) electrons. The van der Waals surface area contributed by atoms with E-state index >= 15 is 0 Å². The zero-order valence-corrected chi connectivity index (χ0v) is 19.0. The third-order valence-corrected chi connectivity index (χ3v) is 8.34. The highest BCUT2D eigenvalue weighted by atomic mass is 32.2. The number of sulfonamides is 1. The molecule has 2 heterocycles. The van der Waals surface area contributed by atoms with Crippen LogP contribution in [-0.2, 0) is 10.0 Å². The summed E-state index contributed by atoms with van der Waals surface area (Å²) in [6, 6.07) is 4.62. The minimum Gasteiger partial charge on any atom is -0.360 e. The first kappa shape index (κ1) is 22.0. The van der Waals surface area contributed by atoms with Gasteiger partial charge in [0.25, 0.3) is 5.91 Å². The predicted octanol–water partition coefficient (Wildman–Crippen LogP) is 3.26. The molecule has 7 nitrogen and oxygen atoms in total. The van der Waals surface area contributed by atoms with E-state index in [1.807, 2.05) is 0 Å². The number of H-pyrrole nitrogens is 1. The van der Waals surface area contributed by atoms with Gasteiger partial charge in [-0.2, -0.15) is 4.31 Å². The van der Waals surface area contributed by atoms with Crippen molar-refractivity contribution >= 4 is 26.8 Å². The van der Waals surface area contributed by atoms with Gasteiger partial charge in [-0.25, -0.2) is 8.42 Å². The number of carbonyl (C=O) groups is 1. The molecule has 0 spiro atoms. The van der Waals surface area contributed by atoms with E-state index in [9.17, 15) is 18.0 Å². The molecular weight excluding hydrogens is 414 g/mol. The molecule has 8 heteroatoms. The Hall–Kier alpha value is -2.19. The zero-order chi connectivity index (χ0) is 22.2. The third kappa shape index (κ3) is 4.55. The Morgan fingerprint density at radius 3 is 2.45 bits per heavy atom. The summed E-state index contributed by atoms with van der Waals surface area (Å²) in [5, 5.41) is 3.18. The fourth-order valence-electron chi connectivity index (χ4n) is 4.99. The van der Waals surface area contributed by atoms with Crippen molar-refractivity contribution in [3.63, 3.8) is 0 Å². The van der Waals surface area contributed by atoms with Crippen LogP contribution in [0, 0.1) is 11.8 Å². The van der Waals surface area contributed by atoms with Gasteiger partial charge in [-0.1, -0.05) is 33.1 Å². The van der Waals surface area contributed by atoms with E-state index in [4.69, 9.17) is 0 Å². The van der Waals surface area contributed by atoms with E-state index in [0.29, 0.717) is 18.6 Å². The van der Waals surface area contributed by atoms with Crippen LogP contribution in [0.5, 0.6) is 0 Å². The average molecular weight is 446 g/mol. The number of hydrogen-bond acceptors (Lipinski definition) is 4. The van der Waals surface area contributed by atoms with Crippen molar-refractivity contribution in [2.75, 3.05) is 13.1 Å². The first-order valence-electron chi connectivity index (χ1n) is 11.2. The van der Waals surface area contributed by atoms with Crippen LogP contribution in [0.25, 0.3) is 10.9 Å². The Labute approximate surface area is 183 Å². The first-order chi connectivity index (χ1) is 14.8. The molecular formula is C23H31N3O4S. The second-order valence-corrected chi connectivity index (χ2v) is 11.3. The van der Waals surface area contributed by atoms with Gasteiger partial charge in [0, 0.05) is 36.2 Å². The molecule has 4 rings (SSSR count). The molecule has 2 atom stereocenters. The standard InChI is InChI=1S/C23H31N3O4S/c1-15-10-16(2)14-26(13-15)31(29,30)18-8-9-21-19(11-18)22(27)20(12-24-21)23(28)25-17-6-4-3-5-7-17/h8-9,11-12,15-17H,3-7,10,13-14H2,1-2H3,(H,24,27)(H,25,28)/t15-,16-/m1/s1. The Morgan fingerprint density at radius 1 is 1.10 bits per heavy atom. The molecule has 31 heavy (non-hydrogen) atoms. The second-order valence-electron chi connectivity index (χ2n) is 9.32. The molecule has 2 fully saturated rings. The first-order valence-corrected chi connectivity index (χ1v) is 12.7. The van der Waals surface area contributed by atoms with E-state index in [-0.39, 0.29) is 33.7 Å². The van der Waals surface area contributed by atoms with Crippen molar-refractivity contribution in [2.45, 2.75) is 63.3 Å². The summed E-state index contributed by atoms with van der Waals surface area (Å²) in [7, 11) is -3.71. The third-order valence-electron chi connectivity index (χ3n) is 6.51. The molecule has 2 aromatic rings. The molecule has 1 aromatic carbocycles. The molecule has 1 saturated carbocycles. The lowest BCUT2D eigenvalue weighted by atomic mass is 9.94. The van der Waals surface area contributed by atoms with E-state index in [0.717, 1.165) is 32.1 Å². The quantitative estimate of drug-likeness (QED) is 0.754. The van der Waals surface area contributed by atoms with Crippen molar-refractivity contribution in [3.8, 4) is 0 Å². The largest absolute Gasteiger partial charge is 0.360 e. The number of nitrogens with one attached hydrogen (secondary N) is 2. The number of rotatable bonds is 4. The highest BCUT2D eigenvalue weighted by Gasteiger charge is 2.32. The topological polar surface area (TPSA) is 99.3 Å². The summed E-state index contributed by atoms with van der Waals surface area (Å²) in [4.78, 5) is 28.9. The number of piperidine rings is 1. The molecule has 1 aromatic heterocycles. The molecule has 0 unspecified atom stereocenters. The van der Waals surface area contributed by atoms with Gasteiger partial charge in [-0.15, -0.1) is 0 Å². The van der Waals surface area contributed by atoms with Crippen LogP contribution in [0.4, 0.5) is 0 Å². The van der Waals surface area contributed by atoms with Crippen LogP contribution < -0.4 is 10.7 Å². The molecule has 1 aliphatic carbocycles. The molecule has 168 valence electrons. The van der Waals surface area contributed by atoms with Crippen LogP contribution in [0.3, 0.4) is 0 Å². The van der Waals surface area contributed by atoms with Crippen molar-refractivity contribution in [1.82, 2.24) is 14.6 Å². The van der Waals surface area contributed by atoms with Gasteiger partial charge in [0.05, 0.1) is 4.90 Å². The van der Waals surface area contributed by atoms with Gasteiger partial charge in [0.1, 0.15) is 5.56 Å². The normalized spacial score (nSPS) is 23.7. The zero-order valence-electron chi connectivity index (χ0n) is 18.2. The number of hydrogen-bond donors (Lipinski definition) is 2. The smallest absolute Gasteiger partial charge is 0.256 e. The van der Waals surface area contributed by atoms with E-state index < -0.39 is 21.4 Å². The SMILES string of the molecule is C[C@@H]1C[C@@H](C)CN(S(=O)(=O)c2ccc3[nH]cc(C(=O)NC4CCCCC4)c(=O)c3c2)C1. The van der Waals surface area contributed by atoms with Crippen molar-refractivity contribution in [3.05, 3.63) is 40.2 Å². The Bertz CT molecular complexity index is 1130. The highest BCUT2D eigenvalue weighted by Crippen LogP contribution is 2.27. The van der Waals surface area contributed by atoms with Crippen LogP contribution in [0.15, 0.2) is 34.1 Å². The summed E-state index contributed by atoms with van der Waals surface area (Å²) >= 11 is 0. The average Bonchev–Trinajstić information content (AvgIpc) is 2.73. The van der Waals surface area contributed by atoms with Crippen molar-refractivity contribution < 1.29 is 13.2 Å². The maximum Gasteiger partial charge on any atom is 0.256 e. The number of pyridine rings is 1. The Balaban J connectivity index is 1.66. The minimum absolute atomic E-state index is 0.0211. The van der Waals surface area contributed by atoms with Gasteiger partial charge in [0.2, 0.25) is 15.5 Å². The minimum atomic E-state index is -3.71. The van der Waals surface area contributed by atoms with Crippen molar-refractivity contribution in [2.24, 2.45) is 11.8 Å². The summed E-state index contributed by atoms with van der Waals surface area (Å²) < 4.78 is 28.0. The summed E-state index contributed by atoms with van der Waals surface area (Å²) in [6.07, 6.45) is 7.60. The lowest BCUT2D eigenvalue weighted by molar-refractivity contribution is 0.0926. The Morgan fingerprint density at radius 2 is 1.77 bits per heavy atom. The lowest BCUT2D eigenvalue weighted by Crippen LogP contribution is -2.42. The number of amides is 1. The maximum atomic E-state index is 13.2. The monoisotopic (exact) mass is 445 g/mol.